The molecule has 0 aromatic heterocycles. The zero-order valence-corrected chi connectivity index (χ0v) is 26.5. The van der Waals surface area contributed by atoms with E-state index in [2.05, 4.69) is 15.5 Å². The molecule has 12 nitrogen and oxygen atoms in total. The number of nitrogens with zero attached hydrogens (tertiary/aromatic N) is 1. The normalized spacial score (nSPS) is 21.1. The molecule has 1 aliphatic rings. The number of carbonyl (C=O) groups is 5. The summed E-state index contributed by atoms with van der Waals surface area (Å²) < 4.78 is 36.0. The van der Waals surface area contributed by atoms with Crippen LogP contribution in [-0.2, 0) is 49.3 Å². The van der Waals surface area contributed by atoms with Crippen LogP contribution in [0, 0.1) is 0 Å². The molecule has 5 atom stereocenters. The molecule has 2 rings (SSSR count). The lowest BCUT2D eigenvalue weighted by atomic mass is 9.98. The predicted molar refractivity (Wildman–Crippen MR) is 160 cm³/mol. The van der Waals surface area contributed by atoms with Gasteiger partial charge in [0.15, 0.2) is 24.6 Å². The number of esters is 3. The molecule has 44 heavy (non-hydrogen) atoms. The summed E-state index contributed by atoms with van der Waals surface area (Å²) in [4.78, 5) is 61.5. The Labute approximate surface area is 266 Å². The summed E-state index contributed by atoms with van der Waals surface area (Å²) in [6.07, 6.45) is -6.72. The first kappa shape index (κ1) is 37.0. The summed E-state index contributed by atoms with van der Waals surface area (Å²) >= 11 is 11.7. The van der Waals surface area contributed by atoms with Crippen molar-refractivity contribution < 1.29 is 47.3 Å². The van der Waals surface area contributed by atoms with Crippen LogP contribution in [0.4, 0.5) is 10.1 Å². The lowest BCUT2D eigenvalue weighted by Gasteiger charge is -2.42. The first-order chi connectivity index (χ1) is 20.9. The van der Waals surface area contributed by atoms with Crippen molar-refractivity contribution in [3.05, 3.63) is 29.8 Å². The van der Waals surface area contributed by atoms with Gasteiger partial charge in [0.25, 0.3) is 0 Å². The van der Waals surface area contributed by atoms with E-state index in [9.17, 15) is 24.0 Å². The van der Waals surface area contributed by atoms with Crippen LogP contribution in [0.25, 0.3) is 0 Å². The predicted octanol–water partition coefficient (Wildman–Crippen LogP) is 2.41. The van der Waals surface area contributed by atoms with E-state index in [0.29, 0.717) is 37.7 Å². The van der Waals surface area contributed by atoms with Crippen molar-refractivity contribution >= 4 is 58.6 Å². The maximum Gasteiger partial charge on any atom is 0.303 e. The smallest absolute Gasteiger partial charge is 0.303 e. The number of alkyl halides is 3. The minimum absolute atomic E-state index is 0.0136. The van der Waals surface area contributed by atoms with Gasteiger partial charge in [-0.2, -0.15) is 0 Å². The average molecular weight is 665 g/mol. The van der Waals surface area contributed by atoms with Gasteiger partial charge in [-0.05, 0) is 30.5 Å². The molecule has 2 N–H and O–H groups in total. The number of halogens is 3. The van der Waals surface area contributed by atoms with Crippen LogP contribution in [-0.4, -0.2) is 98.4 Å². The Morgan fingerprint density at radius 1 is 0.886 bits per heavy atom. The second kappa shape index (κ2) is 19.3. The highest BCUT2D eigenvalue weighted by molar-refractivity contribution is 6.18. The molecule has 0 unspecified atom stereocenters. The van der Waals surface area contributed by atoms with Crippen LogP contribution < -0.4 is 15.5 Å². The summed E-state index contributed by atoms with van der Waals surface area (Å²) in [6, 6.07) is 7.98. The molecular formula is C29H40Cl2FN3O9. The van der Waals surface area contributed by atoms with Crippen molar-refractivity contribution in [2.75, 3.05) is 42.9 Å². The molecule has 1 aliphatic heterocycles. The quantitative estimate of drug-likeness (QED) is 0.145. The zero-order valence-electron chi connectivity index (χ0n) is 25.0. The topological polar surface area (TPSA) is 150 Å². The first-order valence-electron chi connectivity index (χ1n) is 14.2. The fourth-order valence-corrected chi connectivity index (χ4v) is 4.95. The minimum Gasteiger partial charge on any atom is -0.463 e. The van der Waals surface area contributed by atoms with Crippen molar-refractivity contribution in [2.45, 2.75) is 77.2 Å². The van der Waals surface area contributed by atoms with Crippen molar-refractivity contribution in [1.82, 2.24) is 10.6 Å². The highest BCUT2D eigenvalue weighted by Crippen LogP contribution is 2.28. The molecule has 246 valence electrons. The van der Waals surface area contributed by atoms with E-state index in [4.69, 9.17) is 42.1 Å². The molecule has 1 fully saturated rings. The highest BCUT2D eigenvalue weighted by Gasteiger charge is 2.51. The number of ether oxygens (including phenoxy) is 4. The second-order valence-corrected chi connectivity index (χ2v) is 10.8. The molecule has 1 aromatic rings. The van der Waals surface area contributed by atoms with Crippen molar-refractivity contribution in [2.24, 2.45) is 0 Å². The third-order valence-electron chi connectivity index (χ3n) is 6.53. The van der Waals surface area contributed by atoms with Gasteiger partial charge in [0, 0.05) is 70.7 Å². The van der Waals surface area contributed by atoms with Gasteiger partial charge < -0.3 is 34.5 Å². The van der Waals surface area contributed by atoms with Crippen LogP contribution in [0.1, 0.15) is 45.6 Å². The molecule has 1 heterocycles. The standard InChI is InChI=1S/C29H40Cl2FN3O9/c1-18(36)41-17-23-27(42-19(2)37)28(43-20(3)38)26(32)29(44-23)34-25(40)11-14-33-24(39)6-4-5-21-7-9-22(10-8-21)35(15-12-30)16-13-31/h7-10,23,26-29H,4-6,11-17H2,1-3H3,(H,33,39)(H,34,40)/t23-,26-,27-,28-,29-/m1/s1. The van der Waals surface area contributed by atoms with E-state index in [1.165, 1.54) is 0 Å². The number of anilines is 1. The maximum absolute atomic E-state index is 15.4. The molecule has 15 heteroatoms. The Morgan fingerprint density at radius 2 is 1.50 bits per heavy atom. The summed E-state index contributed by atoms with van der Waals surface area (Å²) in [7, 11) is 0. The Kier molecular flexibility index (Phi) is 16.2. The van der Waals surface area contributed by atoms with Crippen molar-refractivity contribution in [3.63, 3.8) is 0 Å². The molecule has 0 saturated carbocycles. The Balaban J connectivity index is 1.84. The largest absolute Gasteiger partial charge is 0.463 e. The van der Waals surface area contributed by atoms with Gasteiger partial charge in [0.05, 0.1) is 0 Å². The fraction of sp³-hybridized carbons (Fsp3) is 0.621. The highest BCUT2D eigenvalue weighted by atomic mass is 35.5. The van der Waals surface area contributed by atoms with Crippen molar-refractivity contribution in [1.29, 1.82) is 0 Å². The zero-order chi connectivity index (χ0) is 32.6. The SMILES string of the molecule is CC(=O)OC[C@H]1O[C@@H](NC(=O)CCNC(=O)CCCc2ccc(N(CCCl)CCCl)cc2)[C@H](F)[C@@H](OC(C)=O)[C@@H]1OC(C)=O. The first-order valence-corrected chi connectivity index (χ1v) is 15.3. The van der Waals surface area contributed by atoms with Crippen LogP contribution in [0.3, 0.4) is 0 Å². The van der Waals surface area contributed by atoms with Crippen LogP contribution in [0.15, 0.2) is 24.3 Å². The Morgan fingerprint density at radius 3 is 2.07 bits per heavy atom. The number of benzene rings is 1. The molecule has 2 amide bonds. The maximum atomic E-state index is 15.4. The number of nitrogens with one attached hydrogen (secondary N) is 2. The number of rotatable bonds is 17. The van der Waals surface area contributed by atoms with Crippen LogP contribution >= 0.6 is 23.2 Å². The van der Waals surface area contributed by atoms with Crippen LogP contribution in [0.5, 0.6) is 0 Å². The summed E-state index contributed by atoms with van der Waals surface area (Å²) in [5, 5.41) is 5.01. The molecular weight excluding hydrogens is 624 g/mol. The fourth-order valence-electron chi connectivity index (χ4n) is 4.55. The van der Waals surface area contributed by atoms with E-state index in [0.717, 1.165) is 32.0 Å². The van der Waals surface area contributed by atoms with Gasteiger partial charge >= 0.3 is 17.9 Å². The number of aryl methyl sites for hydroxylation is 1. The van der Waals surface area contributed by atoms with E-state index in [1.54, 1.807) is 0 Å². The lowest BCUT2D eigenvalue weighted by Crippen LogP contribution is -2.64. The molecule has 0 aliphatic carbocycles. The third kappa shape index (κ3) is 12.8. The van der Waals surface area contributed by atoms with Gasteiger partial charge in [-0.25, -0.2) is 4.39 Å². The number of hydrogen-bond donors (Lipinski definition) is 2. The molecule has 0 spiro atoms. The lowest BCUT2D eigenvalue weighted by molar-refractivity contribution is -0.239. The summed E-state index contributed by atoms with van der Waals surface area (Å²) in [5.74, 6) is -2.26. The van der Waals surface area contributed by atoms with Crippen LogP contribution in [0.2, 0.25) is 0 Å². The third-order valence-corrected chi connectivity index (χ3v) is 6.86. The number of amides is 2. The molecule has 0 radical (unpaired) electrons. The van der Waals surface area contributed by atoms with Gasteiger partial charge in [-0.1, -0.05) is 12.1 Å². The van der Waals surface area contributed by atoms with Gasteiger partial charge in [-0.15, -0.1) is 23.2 Å². The van der Waals surface area contributed by atoms with Gasteiger partial charge in [0.1, 0.15) is 12.7 Å². The van der Waals surface area contributed by atoms with E-state index >= 15 is 4.39 Å². The Hall–Kier alpha value is -3.16. The number of carbonyl (C=O) groups excluding carboxylic acids is 5. The van der Waals surface area contributed by atoms with Gasteiger partial charge in [0.2, 0.25) is 11.8 Å². The second-order valence-electron chi connectivity index (χ2n) is 10.0. The summed E-state index contributed by atoms with van der Waals surface area (Å²) in [5.41, 5.74) is 2.09. The molecule has 1 aromatic carbocycles. The van der Waals surface area contributed by atoms with Gasteiger partial charge in [-0.3, -0.25) is 24.0 Å². The Bertz CT molecular complexity index is 1110. The molecule has 1 saturated heterocycles. The number of hydrogen-bond acceptors (Lipinski definition) is 10. The monoisotopic (exact) mass is 663 g/mol. The molecule has 0 bridgehead atoms. The van der Waals surface area contributed by atoms with E-state index in [-0.39, 0.29) is 25.3 Å². The van der Waals surface area contributed by atoms with E-state index < -0.39 is 61.1 Å². The average Bonchev–Trinajstić information content (AvgIpc) is 2.95. The summed E-state index contributed by atoms with van der Waals surface area (Å²) in [6.45, 7) is 4.16. The van der Waals surface area contributed by atoms with Crippen molar-refractivity contribution in [3.8, 4) is 0 Å². The minimum atomic E-state index is -2.12. The van der Waals surface area contributed by atoms with E-state index in [1.807, 2.05) is 24.3 Å².